The Labute approximate surface area is 169 Å². The number of hydrogen-bond donors (Lipinski definition) is 2. The number of anilines is 2. The summed E-state index contributed by atoms with van der Waals surface area (Å²) in [7, 11) is 2.11. The topological polar surface area (TPSA) is 77.6 Å². The van der Waals surface area contributed by atoms with E-state index in [0.29, 0.717) is 16.3 Å². The van der Waals surface area contributed by atoms with Gasteiger partial charge in [0.1, 0.15) is 11.9 Å². The lowest BCUT2D eigenvalue weighted by molar-refractivity contribution is -0.117. The number of carbonyl (C=O) groups excluding carboxylic acids is 2. The number of benzene rings is 1. The number of halogens is 1. The molecule has 1 saturated heterocycles. The Morgan fingerprint density at radius 2 is 1.75 bits per heavy atom. The summed E-state index contributed by atoms with van der Waals surface area (Å²) in [5.41, 5.74) is 1.04. The average molecular weight is 402 g/mol. The van der Waals surface area contributed by atoms with Gasteiger partial charge in [-0.05, 0) is 50.4 Å². The van der Waals surface area contributed by atoms with E-state index in [-0.39, 0.29) is 11.8 Å². The fraction of sp³-hybridized carbons (Fsp3) is 0.350. The number of nitrogens with zero attached hydrogens (tertiary/aromatic N) is 3. The van der Waals surface area contributed by atoms with E-state index in [2.05, 4.69) is 32.5 Å². The monoisotopic (exact) mass is 401 g/mol. The fourth-order valence-corrected chi connectivity index (χ4v) is 3.01. The molecule has 1 aromatic heterocycles. The van der Waals surface area contributed by atoms with Gasteiger partial charge in [-0.2, -0.15) is 0 Å². The van der Waals surface area contributed by atoms with E-state index in [1.807, 2.05) is 12.1 Å². The zero-order valence-corrected chi connectivity index (χ0v) is 16.7. The Morgan fingerprint density at radius 3 is 2.36 bits per heavy atom. The summed E-state index contributed by atoms with van der Waals surface area (Å²) in [4.78, 5) is 33.5. The highest BCUT2D eigenvalue weighted by Gasteiger charge is 2.18. The molecule has 1 aliphatic heterocycles. The van der Waals surface area contributed by atoms with Gasteiger partial charge >= 0.3 is 0 Å². The van der Waals surface area contributed by atoms with Gasteiger partial charge in [0.2, 0.25) is 5.91 Å². The minimum atomic E-state index is -0.694. The zero-order valence-electron chi connectivity index (χ0n) is 16.0. The van der Waals surface area contributed by atoms with Crippen LogP contribution in [0.15, 0.2) is 42.6 Å². The second-order valence-electron chi connectivity index (χ2n) is 6.89. The summed E-state index contributed by atoms with van der Waals surface area (Å²) >= 11 is 5.82. The van der Waals surface area contributed by atoms with Crippen LogP contribution in [-0.2, 0) is 4.79 Å². The minimum Gasteiger partial charge on any atom is -0.354 e. The van der Waals surface area contributed by atoms with Gasteiger partial charge in [0.25, 0.3) is 5.91 Å². The zero-order chi connectivity index (χ0) is 20.1. The van der Waals surface area contributed by atoms with Crippen LogP contribution in [0.25, 0.3) is 0 Å². The van der Waals surface area contributed by atoms with Crippen molar-refractivity contribution in [1.82, 2.24) is 15.2 Å². The van der Waals surface area contributed by atoms with Crippen molar-refractivity contribution in [3.05, 3.63) is 53.2 Å². The van der Waals surface area contributed by atoms with E-state index in [1.165, 1.54) is 0 Å². The van der Waals surface area contributed by atoms with Crippen molar-refractivity contribution in [2.45, 2.75) is 13.0 Å². The van der Waals surface area contributed by atoms with Crippen LogP contribution >= 0.6 is 11.6 Å². The SMILES string of the molecule is C[C@@H](NC(=O)c1ccc(Cl)cc1)C(=O)Nc1ccc(N2CCN(C)CC2)nc1. The first-order valence-corrected chi connectivity index (χ1v) is 9.57. The number of rotatable bonds is 5. The number of likely N-dealkylation sites (N-methyl/N-ethyl adjacent to an activating group) is 1. The lowest BCUT2D eigenvalue weighted by Crippen LogP contribution is -2.44. The summed E-state index contributed by atoms with van der Waals surface area (Å²) in [6.45, 7) is 5.51. The summed E-state index contributed by atoms with van der Waals surface area (Å²) in [5, 5.41) is 6.01. The number of pyridine rings is 1. The molecule has 0 saturated carbocycles. The summed E-state index contributed by atoms with van der Waals surface area (Å²) in [6.07, 6.45) is 1.64. The highest BCUT2D eigenvalue weighted by molar-refractivity contribution is 6.30. The third kappa shape index (κ3) is 5.21. The van der Waals surface area contributed by atoms with Crippen molar-refractivity contribution in [2.75, 3.05) is 43.4 Å². The maximum atomic E-state index is 12.4. The first kappa shape index (κ1) is 20.1. The number of carbonyl (C=O) groups is 2. The Kier molecular flexibility index (Phi) is 6.49. The predicted molar refractivity (Wildman–Crippen MR) is 111 cm³/mol. The molecule has 0 unspecified atom stereocenters. The van der Waals surface area contributed by atoms with Crippen molar-refractivity contribution >= 4 is 34.9 Å². The van der Waals surface area contributed by atoms with Crippen LogP contribution < -0.4 is 15.5 Å². The largest absolute Gasteiger partial charge is 0.354 e. The van der Waals surface area contributed by atoms with Gasteiger partial charge in [-0.25, -0.2) is 4.98 Å². The van der Waals surface area contributed by atoms with Crippen molar-refractivity contribution in [3.63, 3.8) is 0 Å². The number of aromatic nitrogens is 1. The number of piperazine rings is 1. The lowest BCUT2D eigenvalue weighted by Gasteiger charge is -2.33. The Balaban J connectivity index is 1.53. The summed E-state index contributed by atoms with van der Waals surface area (Å²) in [5.74, 6) is 0.259. The van der Waals surface area contributed by atoms with Gasteiger partial charge < -0.3 is 20.4 Å². The number of amides is 2. The van der Waals surface area contributed by atoms with Gasteiger partial charge in [-0.15, -0.1) is 0 Å². The van der Waals surface area contributed by atoms with Crippen LogP contribution in [0.5, 0.6) is 0 Å². The quantitative estimate of drug-likeness (QED) is 0.803. The Hall–Kier alpha value is -2.64. The van der Waals surface area contributed by atoms with Gasteiger partial charge in [0, 0.05) is 36.8 Å². The molecule has 28 heavy (non-hydrogen) atoms. The van der Waals surface area contributed by atoms with Gasteiger partial charge in [0.15, 0.2) is 0 Å². The van der Waals surface area contributed by atoms with Crippen LogP contribution in [0, 0.1) is 0 Å². The first-order chi connectivity index (χ1) is 13.4. The second-order valence-corrected chi connectivity index (χ2v) is 7.32. The van der Waals surface area contributed by atoms with Crippen LogP contribution in [-0.4, -0.2) is 61.0 Å². The molecular weight excluding hydrogens is 378 g/mol. The molecule has 7 nitrogen and oxygen atoms in total. The molecule has 148 valence electrons. The summed E-state index contributed by atoms with van der Waals surface area (Å²) < 4.78 is 0. The van der Waals surface area contributed by atoms with E-state index in [1.54, 1.807) is 37.4 Å². The Morgan fingerprint density at radius 1 is 1.07 bits per heavy atom. The normalized spacial score (nSPS) is 15.8. The molecule has 1 fully saturated rings. The lowest BCUT2D eigenvalue weighted by atomic mass is 10.2. The minimum absolute atomic E-state index is 0.309. The molecule has 2 heterocycles. The van der Waals surface area contributed by atoms with Gasteiger partial charge in [-0.1, -0.05) is 11.6 Å². The van der Waals surface area contributed by atoms with Crippen LogP contribution in [0.3, 0.4) is 0 Å². The van der Waals surface area contributed by atoms with Crippen LogP contribution in [0.2, 0.25) is 5.02 Å². The number of nitrogens with one attached hydrogen (secondary N) is 2. The third-order valence-corrected chi connectivity index (χ3v) is 4.94. The smallest absolute Gasteiger partial charge is 0.251 e. The maximum absolute atomic E-state index is 12.4. The molecule has 0 bridgehead atoms. The molecule has 0 radical (unpaired) electrons. The van der Waals surface area contributed by atoms with E-state index in [0.717, 1.165) is 32.0 Å². The molecule has 1 aromatic carbocycles. The number of hydrogen-bond acceptors (Lipinski definition) is 5. The molecule has 2 amide bonds. The van der Waals surface area contributed by atoms with Crippen LogP contribution in [0.1, 0.15) is 17.3 Å². The molecule has 2 aromatic rings. The Bertz CT molecular complexity index is 817. The van der Waals surface area contributed by atoms with E-state index in [9.17, 15) is 9.59 Å². The second kappa shape index (κ2) is 9.03. The highest BCUT2D eigenvalue weighted by Crippen LogP contribution is 2.16. The molecule has 0 spiro atoms. The molecular formula is C20H24ClN5O2. The van der Waals surface area contributed by atoms with E-state index >= 15 is 0 Å². The van der Waals surface area contributed by atoms with Crippen molar-refractivity contribution < 1.29 is 9.59 Å². The molecule has 0 aliphatic carbocycles. The molecule has 8 heteroatoms. The van der Waals surface area contributed by atoms with Gasteiger partial charge in [0.05, 0.1) is 11.9 Å². The maximum Gasteiger partial charge on any atom is 0.251 e. The first-order valence-electron chi connectivity index (χ1n) is 9.19. The van der Waals surface area contributed by atoms with Gasteiger partial charge in [-0.3, -0.25) is 9.59 Å². The average Bonchev–Trinajstić information content (AvgIpc) is 2.69. The fourth-order valence-electron chi connectivity index (χ4n) is 2.88. The van der Waals surface area contributed by atoms with E-state index < -0.39 is 6.04 Å². The predicted octanol–water partition coefficient (Wildman–Crippen LogP) is 2.24. The van der Waals surface area contributed by atoms with Crippen molar-refractivity contribution in [3.8, 4) is 0 Å². The summed E-state index contributed by atoms with van der Waals surface area (Å²) in [6, 6.07) is 9.53. The molecule has 2 N–H and O–H groups in total. The van der Waals surface area contributed by atoms with Crippen molar-refractivity contribution in [1.29, 1.82) is 0 Å². The van der Waals surface area contributed by atoms with Crippen LogP contribution in [0.4, 0.5) is 11.5 Å². The standard InChI is InChI=1S/C20H24ClN5O2/c1-14(23-20(28)15-3-5-16(21)6-4-15)19(27)24-17-7-8-18(22-13-17)26-11-9-25(2)10-12-26/h3-8,13-14H,9-12H2,1-2H3,(H,23,28)(H,24,27)/t14-/m1/s1. The van der Waals surface area contributed by atoms with Crippen molar-refractivity contribution in [2.24, 2.45) is 0 Å². The van der Waals surface area contributed by atoms with E-state index in [4.69, 9.17) is 11.6 Å². The molecule has 1 atom stereocenters. The third-order valence-electron chi connectivity index (χ3n) is 4.69. The molecule has 3 rings (SSSR count). The highest BCUT2D eigenvalue weighted by atomic mass is 35.5. The molecule has 1 aliphatic rings.